The standard InChI is InChI=1S/C17H22F2N2O2/c18-14-5-4-11(9-15(14)19)16-10-21(6-7-23-16)17(22)12-2-1-3-13(20)8-12/h4-5,9,12-13,16H,1-3,6-8,10,20H2/t12-,13-,16+/m1/s1. The average Bonchev–Trinajstić information content (AvgIpc) is 2.57. The van der Waals surface area contributed by atoms with Crippen molar-refractivity contribution in [2.24, 2.45) is 11.7 Å². The number of nitrogens with zero attached hydrogens (tertiary/aromatic N) is 1. The fourth-order valence-electron chi connectivity index (χ4n) is 3.47. The lowest BCUT2D eigenvalue weighted by atomic mass is 9.85. The van der Waals surface area contributed by atoms with Crippen molar-refractivity contribution in [3.63, 3.8) is 0 Å². The van der Waals surface area contributed by atoms with E-state index in [1.807, 2.05) is 0 Å². The molecule has 6 heteroatoms. The van der Waals surface area contributed by atoms with Crippen LogP contribution in [0.1, 0.15) is 37.4 Å². The van der Waals surface area contributed by atoms with Crippen LogP contribution >= 0.6 is 0 Å². The van der Waals surface area contributed by atoms with Gasteiger partial charge in [-0.3, -0.25) is 4.79 Å². The molecule has 1 amide bonds. The van der Waals surface area contributed by atoms with Crippen molar-refractivity contribution in [3.05, 3.63) is 35.4 Å². The normalized spacial score (nSPS) is 28.7. The minimum Gasteiger partial charge on any atom is -0.370 e. The van der Waals surface area contributed by atoms with Gasteiger partial charge in [0.25, 0.3) is 0 Å². The molecule has 1 aliphatic carbocycles. The van der Waals surface area contributed by atoms with Crippen molar-refractivity contribution in [1.29, 1.82) is 0 Å². The fraction of sp³-hybridized carbons (Fsp3) is 0.588. The highest BCUT2D eigenvalue weighted by atomic mass is 19.2. The van der Waals surface area contributed by atoms with Crippen molar-refractivity contribution >= 4 is 5.91 Å². The van der Waals surface area contributed by atoms with Gasteiger partial charge in [-0.25, -0.2) is 8.78 Å². The van der Waals surface area contributed by atoms with E-state index in [0.29, 0.717) is 25.3 Å². The molecule has 0 aromatic heterocycles. The molecule has 1 aromatic rings. The van der Waals surface area contributed by atoms with Gasteiger partial charge < -0.3 is 15.4 Å². The van der Waals surface area contributed by atoms with Crippen molar-refractivity contribution in [2.45, 2.75) is 37.8 Å². The largest absolute Gasteiger partial charge is 0.370 e. The van der Waals surface area contributed by atoms with E-state index in [1.54, 1.807) is 4.90 Å². The second kappa shape index (κ2) is 6.93. The molecule has 1 saturated carbocycles. The lowest BCUT2D eigenvalue weighted by molar-refractivity contribution is -0.144. The van der Waals surface area contributed by atoms with Gasteiger partial charge >= 0.3 is 0 Å². The molecule has 2 aliphatic rings. The van der Waals surface area contributed by atoms with E-state index in [2.05, 4.69) is 0 Å². The summed E-state index contributed by atoms with van der Waals surface area (Å²) in [6, 6.07) is 3.84. The Morgan fingerprint density at radius 3 is 2.83 bits per heavy atom. The molecule has 1 heterocycles. The summed E-state index contributed by atoms with van der Waals surface area (Å²) >= 11 is 0. The lowest BCUT2D eigenvalue weighted by Gasteiger charge is -2.37. The number of hydrogen-bond donors (Lipinski definition) is 1. The Kier molecular flexibility index (Phi) is 4.92. The van der Waals surface area contributed by atoms with Gasteiger partial charge in [-0.15, -0.1) is 0 Å². The molecule has 1 aliphatic heterocycles. The van der Waals surface area contributed by atoms with Crippen molar-refractivity contribution < 1.29 is 18.3 Å². The Morgan fingerprint density at radius 1 is 1.26 bits per heavy atom. The fourth-order valence-corrected chi connectivity index (χ4v) is 3.47. The van der Waals surface area contributed by atoms with Crippen molar-refractivity contribution in [1.82, 2.24) is 4.90 Å². The summed E-state index contributed by atoms with van der Waals surface area (Å²) in [5.74, 6) is -1.69. The summed E-state index contributed by atoms with van der Waals surface area (Å²) in [4.78, 5) is 14.5. The number of rotatable bonds is 2. The zero-order valence-corrected chi connectivity index (χ0v) is 13.0. The number of morpholine rings is 1. The number of benzene rings is 1. The maximum atomic E-state index is 13.4. The molecular weight excluding hydrogens is 302 g/mol. The van der Waals surface area contributed by atoms with Gasteiger partial charge in [-0.05, 0) is 37.0 Å². The first-order valence-corrected chi connectivity index (χ1v) is 8.15. The molecule has 3 atom stereocenters. The van der Waals surface area contributed by atoms with E-state index >= 15 is 0 Å². The number of carbonyl (C=O) groups excluding carboxylic acids is 1. The third kappa shape index (κ3) is 3.70. The molecule has 2 fully saturated rings. The number of halogens is 2. The van der Waals surface area contributed by atoms with Gasteiger partial charge in [0.15, 0.2) is 11.6 Å². The first-order chi connectivity index (χ1) is 11.0. The van der Waals surface area contributed by atoms with Gasteiger partial charge in [0, 0.05) is 18.5 Å². The zero-order chi connectivity index (χ0) is 16.4. The first kappa shape index (κ1) is 16.3. The Balaban J connectivity index is 1.67. The summed E-state index contributed by atoms with van der Waals surface area (Å²) in [6.07, 6.45) is 3.14. The van der Waals surface area contributed by atoms with Gasteiger partial charge in [0.1, 0.15) is 6.10 Å². The van der Waals surface area contributed by atoms with Gasteiger partial charge in [-0.1, -0.05) is 12.5 Å². The van der Waals surface area contributed by atoms with Gasteiger partial charge in [0.05, 0.1) is 13.2 Å². The number of amides is 1. The molecule has 126 valence electrons. The summed E-state index contributed by atoms with van der Waals surface area (Å²) in [5.41, 5.74) is 6.53. The van der Waals surface area contributed by atoms with Crippen LogP contribution in [-0.2, 0) is 9.53 Å². The minimum atomic E-state index is -0.896. The van der Waals surface area contributed by atoms with Crippen molar-refractivity contribution in [2.75, 3.05) is 19.7 Å². The van der Waals surface area contributed by atoms with Crippen LogP contribution in [-0.4, -0.2) is 36.5 Å². The molecule has 0 spiro atoms. The summed E-state index contributed by atoms with van der Waals surface area (Å²) in [6.45, 7) is 1.30. The smallest absolute Gasteiger partial charge is 0.225 e. The third-order valence-electron chi connectivity index (χ3n) is 4.76. The van der Waals surface area contributed by atoms with Crippen LogP contribution in [0.3, 0.4) is 0 Å². The average molecular weight is 324 g/mol. The summed E-state index contributed by atoms with van der Waals surface area (Å²) in [5, 5.41) is 0. The second-order valence-electron chi connectivity index (χ2n) is 6.44. The molecule has 3 rings (SSSR count). The van der Waals surface area contributed by atoms with Crippen LogP contribution in [0.5, 0.6) is 0 Å². The molecule has 23 heavy (non-hydrogen) atoms. The lowest BCUT2D eigenvalue weighted by Crippen LogP contribution is -2.46. The Hall–Kier alpha value is -1.53. The van der Waals surface area contributed by atoms with Crippen LogP contribution in [0.25, 0.3) is 0 Å². The molecule has 1 saturated heterocycles. The predicted octanol–water partition coefficient (Wildman–Crippen LogP) is 2.38. The summed E-state index contributed by atoms with van der Waals surface area (Å²) in [7, 11) is 0. The Morgan fingerprint density at radius 2 is 2.09 bits per heavy atom. The molecule has 4 nitrogen and oxygen atoms in total. The van der Waals surface area contributed by atoms with E-state index in [0.717, 1.165) is 37.8 Å². The summed E-state index contributed by atoms with van der Waals surface area (Å²) < 4.78 is 32.1. The van der Waals surface area contributed by atoms with Gasteiger partial charge in [-0.2, -0.15) is 0 Å². The number of carbonyl (C=O) groups is 1. The molecule has 0 unspecified atom stereocenters. The quantitative estimate of drug-likeness (QED) is 0.909. The maximum Gasteiger partial charge on any atom is 0.225 e. The molecule has 2 N–H and O–H groups in total. The number of ether oxygens (including phenoxy) is 1. The van der Waals surface area contributed by atoms with E-state index in [9.17, 15) is 13.6 Å². The highest BCUT2D eigenvalue weighted by Gasteiger charge is 2.32. The van der Waals surface area contributed by atoms with Crippen molar-refractivity contribution in [3.8, 4) is 0 Å². The topological polar surface area (TPSA) is 55.6 Å². The molecule has 0 radical (unpaired) electrons. The van der Waals surface area contributed by atoms with Crippen LogP contribution in [0.15, 0.2) is 18.2 Å². The van der Waals surface area contributed by atoms with Crippen LogP contribution in [0.4, 0.5) is 8.78 Å². The van der Waals surface area contributed by atoms with Gasteiger partial charge in [0.2, 0.25) is 5.91 Å². The van der Waals surface area contributed by atoms with Crippen LogP contribution in [0, 0.1) is 17.6 Å². The van der Waals surface area contributed by atoms with Crippen LogP contribution in [0.2, 0.25) is 0 Å². The Labute approximate surface area is 134 Å². The second-order valence-corrected chi connectivity index (χ2v) is 6.44. The SMILES string of the molecule is N[C@@H]1CCC[C@@H](C(=O)N2CCO[C@H](c3ccc(F)c(F)c3)C2)C1. The maximum absolute atomic E-state index is 13.4. The highest BCUT2D eigenvalue weighted by molar-refractivity contribution is 5.79. The van der Waals surface area contributed by atoms with Crippen LogP contribution < -0.4 is 5.73 Å². The minimum absolute atomic E-state index is 0.0255. The predicted molar refractivity (Wildman–Crippen MR) is 81.6 cm³/mol. The zero-order valence-electron chi connectivity index (χ0n) is 13.0. The highest BCUT2D eigenvalue weighted by Crippen LogP contribution is 2.28. The molecular formula is C17H22F2N2O2. The van der Waals surface area contributed by atoms with E-state index in [-0.39, 0.29) is 17.9 Å². The van der Waals surface area contributed by atoms with E-state index < -0.39 is 17.7 Å². The number of hydrogen-bond acceptors (Lipinski definition) is 3. The Bertz CT molecular complexity index is 582. The monoisotopic (exact) mass is 324 g/mol. The molecule has 1 aromatic carbocycles. The first-order valence-electron chi connectivity index (χ1n) is 8.15. The van der Waals surface area contributed by atoms with E-state index in [4.69, 9.17) is 10.5 Å². The molecule has 0 bridgehead atoms. The van der Waals surface area contributed by atoms with E-state index in [1.165, 1.54) is 6.07 Å². The number of nitrogens with two attached hydrogens (primary N) is 1. The third-order valence-corrected chi connectivity index (χ3v) is 4.76.